The van der Waals surface area contributed by atoms with E-state index < -0.39 is 4.92 Å². The van der Waals surface area contributed by atoms with E-state index in [-0.39, 0.29) is 29.7 Å². The van der Waals surface area contributed by atoms with Gasteiger partial charge in [0.05, 0.1) is 18.6 Å². The van der Waals surface area contributed by atoms with Gasteiger partial charge in [0, 0.05) is 24.7 Å². The second kappa shape index (κ2) is 6.33. The van der Waals surface area contributed by atoms with Crippen LogP contribution in [0.5, 0.6) is 11.5 Å². The summed E-state index contributed by atoms with van der Waals surface area (Å²) in [5, 5.41) is 10.9. The molecular weight excluding hydrogens is 266 g/mol. The fraction of sp³-hybridized carbons (Fsp3) is 0.462. The number of ether oxygens (including phenoxy) is 3. The first-order chi connectivity index (χ1) is 9.61. The van der Waals surface area contributed by atoms with E-state index in [1.165, 1.54) is 25.3 Å². The minimum absolute atomic E-state index is 0.0293. The van der Waals surface area contributed by atoms with Crippen LogP contribution in [0.4, 0.5) is 5.69 Å². The molecule has 0 radical (unpaired) electrons. The second-order valence-corrected chi connectivity index (χ2v) is 4.41. The molecule has 0 N–H and O–H groups in total. The average molecular weight is 281 g/mol. The van der Waals surface area contributed by atoms with Crippen LogP contribution in [0.15, 0.2) is 18.2 Å². The smallest absolute Gasteiger partial charge is 0.311 e. The predicted octanol–water partition coefficient (Wildman–Crippen LogP) is 1.59. The molecular formula is C13H15NO6. The Morgan fingerprint density at radius 3 is 2.95 bits per heavy atom. The van der Waals surface area contributed by atoms with Gasteiger partial charge in [0.2, 0.25) is 5.75 Å². The summed E-state index contributed by atoms with van der Waals surface area (Å²) in [7, 11) is 1.45. The van der Waals surface area contributed by atoms with Crippen molar-refractivity contribution in [1.82, 2.24) is 0 Å². The summed E-state index contributed by atoms with van der Waals surface area (Å²) in [6.45, 7) is 0.750. The maximum Gasteiger partial charge on any atom is 0.311 e. The topological polar surface area (TPSA) is 87.9 Å². The van der Waals surface area contributed by atoms with Gasteiger partial charge in [-0.05, 0) is 12.5 Å². The monoisotopic (exact) mass is 281 g/mol. The molecule has 108 valence electrons. The van der Waals surface area contributed by atoms with E-state index in [1.807, 2.05) is 0 Å². The first kappa shape index (κ1) is 14.3. The molecule has 1 saturated heterocycles. The van der Waals surface area contributed by atoms with Gasteiger partial charge in [0.1, 0.15) is 12.4 Å². The van der Waals surface area contributed by atoms with Gasteiger partial charge in [-0.1, -0.05) is 0 Å². The van der Waals surface area contributed by atoms with Gasteiger partial charge in [0.25, 0.3) is 0 Å². The lowest BCUT2D eigenvalue weighted by Gasteiger charge is -2.10. The highest BCUT2D eigenvalue weighted by Crippen LogP contribution is 2.31. The molecule has 1 fully saturated rings. The van der Waals surface area contributed by atoms with E-state index in [0.717, 1.165) is 0 Å². The molecule has 0 bridgehead atoms. The van der Waals surface area contributed by atoms with Gasteiger partial charge in [-0.2, -0.15) is 0 Å². The van der Waals surface area contributed by atoms with Crippen molar-refractivity contribution in [2.24, 2.45) is 5.92 Å². The Morgan fingerprint density at radius 1 is 1.55 bits per heavy atom. The van der Waals surface area contributed by atoms with Crippen LogP contribution in [0.3, 0.4) is 0 Å². The maximum atomic E-state index is 11.8. The number of carbonyl (C=O) groups excluding carboxylic acids is 1. The van der Waals surface area contributed by atoms with Gasteiger partial charge in [0.15, 0.2) is 5.78 Å². The molecule has 0 spiro atoms. The maximum absolute atomic E-state index is 11.8. The molecule has 1 aromatic carbocycles. The van der Waals surface area contributed by atoms with Crippen LogP contribution in [0.25, 0.3) is 0 Å². The van der Waals surface area contributed by atoms with Crippen LogP contribution in [0.1, 0.15) is 6.42 Å². The minimum atomic E-state index is -0.558. The molecule has 7 nitrogen and oxygen atoms in total. The van der Waals surface area contributed by atoms with Crippen molar-refractivity contribution < 1.29 is 23.9 Å². The van der Waals surface area contributed by atoms with Crippen LogP contribution < -0.4 is 9.47 Å². The van der Waals surface area contributed by atoms with Crippen molar-refractivity contribution in [3.8, 4) is 11.5 Å². The number of nitro groups is 1. The van der Waals surface area contributed by atoms with E-state index >= 15 is 0 Å². The molecule has 1 aromatic rings. The summed E-state index contributed by atoms with van der Waals surface area (Å²) in [6, 6.07) is 4.16. The van der Waals surface area contributed by atoms with Crippen LogP contribution in [-0.4, -0.2) is 37.6 Å². The quantitative estimate of drug-likeness (QED) is 0.581. The summed E-state index contributed by atoms with van der Waals surface area (Å²) < 4.78 is 15.4. The van der Waals surface area contributed by atoms with Gasteiger partial charge in [-0.3, -0.25) is 14.9 Å². The SMILES string of the molecule is COc1ccc([N+](=O)[O-])c(OCC(=O)C2CCOC2)c1. The van der Waals surface area contributed by atoms with E-state index in [0.29, 0.717) is 25.4 Å². The molecule has 20 heavy (non-hydrogen) atoms. The third-order valence-electron chi connectivity index (χ3n) is 3.12. The lowest BCUT2D eigenvalue weighted by Crippen LogP contribution is -2.21. The third-order valence-corrected chi connectivity index (χ3v) is 3.12. The zero-order valence-electron chi connectivity index (χ0n) is 11.0. The number of rotatable bonds is 6. The molecule has 0 aromatic heterocycles. The average Bonchev–Trinajstić information content (AvgIpc) is 2.98. The number of methoxy groups -OCH3 is 1. The number of hydrogen-bond donors (Lipinski definition) is 0. The van der Waals surface area contributed by atoms with Gasteiger partial charge < -0.3 is 14.2 Å². The summed E-state index contributed by atoms with van der Waals surface area (Å²) >= 11 is 0. The zero-order valence-corrected chi connectivity index (χ0v) is 11.0. The molecule has 1 aliphatic rings. The first-order valence-electron chi connectivity index (χ1n) is 6.17. The molecule has 1 unspecified atom stereocenters. The van der Waals surface area contributed by atoms with Crippen molar-refractivity contribution in [2.75, 3.05) is 26.9 Å². The van der Waals surface area contributed by atoms with Crippen molar-refractivity contribution >= 4 is 11.5 Å². The molecule has 1 aliphatic heterocycles. The number of benzene rings is 1. The minimum Gasteiger partial charge on any atom is -0.497 e. The predicted molar refractivity (Wildman–Crippen MR) is 69.1 cm³/mol. The van der Waals surface area contributed by atoms with Crippen LogP contribution in [0, 0.1) is 16.0 Å². The highest BCUT2D eigenvalue weighted by molar-refractivity contribution is 5.83. The van der Waals surface area contributed by atoms with Crippen molar-refractivity contribution in [2.45, 2.75) is 6.42 Å². The second-order valence-electron chi connectivity index (χ2n) is 4.41. The first-order valence-corrected chi connectivity index (χ1v) is 6.17. The Morgan fingerprint density at radius 2 is 2.35 bits per heavy atom. The van der Waals surface area contributed by atoms with E-state index in [9.17, 15) is 14.9 Å². The summed E-state index contributed by atoms with van der Waals surface area (Å²) in [6.07, 6.45) is 0.669. The number of Topliss-reactive ketones (excluding diaryl/α,β-unsaturated/α-hetero) is 1. The van der Waals surface area contributed by atoms with Gasteiger partial charge >= 0.3 is 5.69 Å². The lowest BCUT2D eigenvalue weighted by molar-refractivity contribution is -0.385. The number of carbonyl (C=O) groups is 1. The molecule has 1 heterocycles. The summed E-state index contributed by atoms with van der Waals surface area (Å²) in [4.78, 5) is 22.2. The molecule has 7 heteroatoms. The Labute approximate surface area is 115 Å². The number of nitro benzene ring substituents is 1. The van der Waals surface area contributed by atoms with Crippen LogP contribution in [0.2, 0.25) is 0 Å². The van der Waals surface area contributed by atoms with Crippen molar-refractivity contribution in [3.63, 3.8) is 0 Å². The van der Waals surface area contributed by atoms with Crippen LogP contribution >= 0.6 is 0 Å². The van der Waals surface area contributed by atoms with E-state index in [2.05, 4.69) is 0 Å². The zero-order chi connectivity index (χ0) is 14.5. The van der Waals surface area contributed by atoms with E-state index in [1.54, 1.807) is 0 Å². The largest absolute Gasteiger partial charge is 0.497 e. The molecule has 1 atom stereocenters. The van der Waals surface area contributed by atoms with Crippen LogP contribution in [-0.2, 0) is 9.53 Å². The van der Waals surface area contributed by atoms with Crippen molar-refractivity contribution in [1.29, 1.82) is 0 Å². The highest BCUT2D eigenvalue weighted by atomic mass is 16.6. The van der Waals surface area contributed by atoms with E-state index in [4.69, 9.17) is 14.2 Å². The molecule has 2 rings (SSSR count). The number of hydrogen-bond acceptors (Lipinski definition) is 6. The molecule has 0 amide bonds. The Kier molecular flexibility index (Phi) is 4.52. The fourth-order valence-corrected chi connectivity index (χ4v) is 1.94. The third kappa shape index (κ3) is 3.24. The molecule has 0 aliphatic carbocycles. The molecule has 0 saturated carbocycles. The standard InChI is InChI=1S/C13H15NO6/c1-18-10-2-3-11(14(16)17)13(6-10)20-8-12(15)9-4-5-19-7-9/h2-3,6,9H,4-5,7-8H2,1H3. The van der Waals surface area contributed by atoms with Crippen molar-refractivity contribution in [3.05, 3.63) is 28.3 Å². The number of ketones is 1. The highest BCUT2D eigenvalue weighted by Gasteiger charge is 2.25. The lowest BCUT2D eigenvalue weighted by atomic mass is 10.0. The van der Waals surface area contributed by atoms with Gasteiger partial charge in [-0.15, -0.1) is 0 Å². The Hall–Kier alpha value is -2.15. The fourth-order valence-electron chi connectivity index (χ4n) is 1.94. The van der Waals surface area contributed by atoms with Gasteiger partial charge in [-0.25, -0.2) is 0 Å². The Bertz CT molecular complexity index is 510. The summed E-state index contributed by atoms with van der Waals surface area (Å²) in [5.74, 6) is 0.170. The normalized spacial score (nSPS) is 17.8. The summed E-state index contributed by atoms with van der Waals surface area (Å²) in [5.41, 5.74) is -0.193. The Balaban J connectivity index is 2.06. The number of nitrogens with zero attached hydrogens (tertiary/aromatic N) is 1.